The van der Waals surface area contributed by atoms with Crippen LogP contribution >= 0.6 is 11.6 Å². The Bertz CT molecular complexity index is 973. The smallest absolute Gasteiger partial charge is 0.337 e. The minimum Gasteiger partial charge on any atom is -0.478 e. The molecule has 132 valence electrons. The molecule has 0 saturated heterocycles. The lowest BCUT2D eigenvalue weighted by Gasteiger charge is -2.12. The number of carbonyl (C=O) groups is 2. The molecule has 5 heteroatoms. The van der Waals surface area contributed by atoms with Crippen LogP contribution in [0.15, 0.2) is 54.6 Å². The molecule has 3 rings (SSSR count). The van der Waals surface area contributed by atoms with Crippen LogP contribution in [0, 0.1) is 13.8 Å². The fourth-order valence-corrected chi connectivity index (χ4v) is 3.33. The van der Waals surface area contributed by atoms with Crippen LogP contribution in [0.25, 0.3) is 0 Å². The molecule has 0 aliphatic carbocycles. The van der Waals surface area contributed by atoms with Gasteiger partial charge in [-0.2, -0.15) is 0 Å². The summed E-state index contributed by atoms with van der Waals surface area (Å²) in [6.07, 6.45) is 0. The molecular formula is C21H18ClNO3. The number of hydrogen-bond acceptors (Lipinski definition) is 2. The number of rotatable bonds is 5. The maximum Gasteiger partial charge on any atom is 0.337 e. The predicted molar refractivity (Wildman–Crippen MR) is 101 cm³/mol. The molecular weight excluding hydrogens is 350 g/mol. The van der Waals surface area contributed by atoms with Crippen LogP contribution in [-0.4, -0.2) is 21.4 Å². The topological polar surface area (TPSA) is 59.3 Å². The molecule has 4 nitrogen and oxygen atoms in total. The van der Waals surface area contributed by atoms with Crippen molar-refractivity contribution < 1.29 is 14.7 Å². The Morgan fingerprint density at radius 3 is 2.19 bits per heavy atom. The van der Waals surface area contributed by atoms with Crippen molar-refractivity contribution >= 4 is 23.4 Å². The van der Waals surface area contributed by atoms with Gasteiger partial charge in [-0.3, -0.25) is 4.79 Å². The summed E-state index contributed by atoms with van der Waals surface area (Å²) in [4.78, 5) is 24.8. The van der Waals surface area contributed by atoms with Crippen LogP contribution < -0.4 is 0 Å². The van der Waals surface area contributed by atoms with Gasteiger partial charge in [-0.25, -0.2) is 4.79 Å². The number of aromatic nitrogens is 1. The minimum absolute atomic E-state index is 0.179. The van der Waals surface area contributed by atoms with Crippen LogP contribution in [0.1, 0.15) is 43.2 Å². The molecule has 0 atom stereocenters. The highest BCUT2D eigenvalue weighted by Gasteiger charge is 2.26. The molecule has 0 radical (unpaired) electrons. The highest BCUT2D eigenvalue weighted by molar-refractivity contribution is 6.30. The first-order chi connectivity index (χ1) is 12.4. The van der Waals surface area contributed by atoms with Crippen molar-refractivity contribution in [2.75, 3.05) is 0 Å². The summed E-state index contributed by atoms with van der Waals surface area (Å²) in [6.45, 7) is 3.84. The van der Waals surface area contributed by atoms with E-state index in [1.807, 2.05) is 30.3 Å². The fraction of sp³-hybridized carbons (Fsp3) is 0.143. The number of halogens is 1. The van der Waals surface area contributed by atoms with E-state index in [1.54, 1.807) is 42.7 Å². The molecule has 0 aliphatic rings. The Balaban J connectivity index is 2.16. The van der Waals surface area contributed by atoms with Gasteiger partial charge in [-0.1, -0.05) is 41.9 Å². The zero-order chi connectivity index (χ0) is 18.8. The van der Waals surface area contributed by atoms with Gasteiger partial charge in [0.25, 0.3) is 0 Å². The molecule has 0 unspecified atom stereocenters. The molecule has 0 bridgehead atoms. The first-order valence-electron chi connectivity index (χ1n) is 8.17. The average molecular weight is 368 g/mol. The van der Waals surface area contributed by atoms with Gasteiger partial charge in [0.05, 0.1) is 11.3 Å². The lowest BCUT2D eigenvalue weighted by atomic mass is 10.0. The average Bonchev–Trinajstić information content (AvgIpc) is 2.86. The zero-order valence-electron chi connectivity index (χ0n) is 14.5. The molecule has 1 aromatic heterocycles. The van der Waals surface area contributed by atoms with E-state index in [0.29, 0.717) is 34.1 Å². The Labute approximate surface area is 156 Å². The molecule has 26 heavy (non-hydrogen) atoms. The number of aromatic carboxylic acids is 1. The molecule has 1 heterocycles. The van der Waals surface area contributed by atoms with Crippen LogP contribution in [0.3, 0.4) is 0 Å². The van der Waals surface area contributed by atoms with Crippen LogP contribution in [-0.2, 0) is 6.54 Å². The van der Waals surface area contributed by atoms with Crippen molar-refractivity contribution in [2.24, 2.45) is 0 Å². The van der Waals surface area contributed by atoms with Gasteiger partial charge in [-0.15, -0.1) is 0 Å². The van der Waals surface area contributed by atoms with Gasteiger partial charge in [0.2, 0.25) is 5.78 Å². The third-order valence-electron chi connectivity index (χ3n) is 4.49. The molecule has 0 fully saturated rings. The van der Waals surface area contributed by atoms with Gasteiger partial charge < -0.3 is 9.67 Å². The minimum atomic E-state index is -1.03. The number of hydrogen-bond donors (Lipinski definition) is 1. The third kappa shape index (κ3) is 3.28. The van der Waals surface area contributed by atoms with Crippen molar-refractivity contribution in [1.82, 2.24) is 4.57 Å². The van der Waals surface area contributed by atoms with Crippen LogP contribution in [0.4, 0.5) is 0 Å². The van der Waals surface area contributed by atoms with Gasteiger partial charge in [0, 0.05) is 22.8 Å². The molecule has 1 N–H and O–H groups in total. The van der Waals surface area contributed by atoms with Gasteiger partial charge in [0.1, 0.15) is 0 Å². The van der Waals surface area contributed by atoms with E-state index in [0.717, 1.165) is 5.56 Å². The summed E-state index contributed by atoms with van der Waals surface area (Å²) in [7, 11) is 0. The number of benzene rings is 2. The SMILES string of the molecule is Cc1c(C(=O)O)c(C)n(Cc2ccccc2)c1C(=O)c1ccc(Cl)cc1. The summed E-state index contributed by atoms with van der Waals surface area (Å²) in [5, 5.41) is 10.1. The second kappa shape index (κ2) is 7.18. The number of carboxylic acids is 1. The third-order valence-corrected chi connectivity index (χ3v) is 4.74. The predicted octanol–water partition coefficient (Wildman–Crippen LogP) is 4.74. The van der Waals surface area contributed by atoms with Crippen molar-refractivity contribution in [3.63, 3.8) is 0 Å². The van der Waals surface area contributed by atoms with Crippen molar-refractivity contribution in [2.45, 2.75) is 20.4 Å². The normalized spacial score (nSPS) is 10.7. The maximum absolute atomic E-state index is 13.1. The van der Waals surface area contributed by atoms with E-state index in [9.17, 15) is 14.7 Å². The monoisotopic (exact) mass is 367 g/mol. The second-order valence-corrected chi connectivity index (χ2v) is 6.58. The summed E-state index contributed by atoms with van der Waals surface area (Å²) < 4.78 is 1.78. The van der Waals surface area contributed by atoms with E-state index in [4.69, 9.17) is 11.6 Å². The molecule has 0 amide bonds. The Kier molecular flexibility index (Phi) is 4.96. The summed E-state index contributed by atoms with van der Waals surface area (Å²) in [5.74, 6) is -1.25. The van der Waals surface area contributed by atoms with Crippen molar-refractivity contribution in [1.29, 1.82) is 0 Å². The number of carbonyl (C=O) groups excluding carboxylic acids is 1. The number of ketones is 1. The fourth-order valence-electron chi connectivity index (χ4n) is 3.20. The molecule has 2 aromatic carbocycles. The standard InChI is InChI=1S/C21H18ClNO3/c1-13-18(21(25)26)14(2)23(12-15-6-4-3-5-7-15)19(13)20(24)16-8-10-17(22)11-9-16/h3-11H,12H2,1-2H3,(H,25,26). The van der Waals surface area contributed by atoms with E-state index in [2.05, 4.69) is 0 Å². The maximum atomic E-state index is 13.1. The summed E-state index contributed by atoms with van der Waals surface area (Å²) >= 11 is 5.91. The van der Waals surface area contributed by atoms with Gasteiger partial charge >= 0.3 is 5.97 Å². The van der Waals surface area contributed by atoms with E-state index >= 15 is 0 Å². The first kappa shape index (κ1) is 18.0. The molecule has 0 spiro atoms. The van der Waals surface area contributed by atoms with Gasteiger partial charge in [-0.05, 0) is 49.2 Å². The summed E-state index contributed by atoms with van der Waals surface area (Å²) in [5.41, 5.74) is 3.08. The molecule has 3 aromatic rings. The highest BCUT2D eigenvalue weighted by atomic mass is 35.5. The number of carboxylic acid groups (broad SMARTS) is 1. The van der Waals surface area contributed by atoms with E-state index < -0.39 is 5.97 Å². The molecule has 0 saturated carbocycles. The summed E-state index contributed by atoms with van der Waals surface area (Å²) in [6, 6.07) is 16.3. The first-order valence-corrected chi connectivity index (χ1v) is 8.55. The van der Waals surface area contributed by atoms with Crippen molar-refractivity contribution in [3.05, 3.63) is 93.3 Å². The largest absolute Gasteiger partial charge is 0.478 e. The number of nitrogens with zero attached hydrogens (tertiary/aromatic N) is 1. The second-order valence-electron chi connectivity index (χ2n) is 6.15. The van der Waals surface area contributed by atoms with E-state index in [-0.39, 0.29) is 11.3 Å². The van der Waals surface area contributed by atoms with Gasteiger partial charge in [0.15, 0.2) is 0 Å². The lowest BCUT2D eigenvalue weighted by Crippen LogP contribution is -2.13. The Morgan fingerprint density at radius 2 is 1.62 bits per heavy atom. The molecule has 0 aliphatic heterocycles. The van der Waals surface area contributed by atoms with Crippen molar-refractivity contribution in [3.8, 4) is 0 Å². The quantitative estimate of drug-likeness (QED) is 0.663. The van der Waals surface area contributed by atoms with Crippen LogP contribution in [0.2, 0.25) is 5.02 Å². The lowest BCUT2D eigenvalue weighted by molar-refractivity contribution is 0.0695. The Morgan fingerprint density at radius 1 is 1.00 bits per heavy atom. The van der Waals surface area contributed by atoms with E-state index in [1.165, 1.54) is 0 Å². The van der Waals surface area contributed by atoms with Crippen LogP contribution in [0.5, 0.6) is 0 Å². The Hall–Kier alpha value is -2.85. The highest BCUT2D eigenvalue weighted by Crippen LogP contribution is 2.26. The zero-order valence-corrected chi connectivity index (χ0v) is 15.2.